The predicted octanol–water partition coefficient (Wildman–Crippen LogP) is 3.52. The highest BCUT2D eigenvalue weighted by atomic mass is 16.5. The monoisotopic (exact) mass is 379 g/mol. The third-order valence-corrected chi connectivity index (χ3v) is 4.63. The molecular weight excluding hydrogens is 354 g/mol. The normalized spacial score (nSPS) is 12.0. The number of fused-ring (bicyclic) bond motifs is 1. The van der Waals surface area contributed by atoms with Crippen molar-refractivity contribution < 1.29 is 14.3 Å². The molecule has 28 heavy (non-hydrogen) atoms. The van der Waals surface area contributed by atoms with E-state index >= 15 is 0 Å². The van der Waals surface area contributed by atoms with Crippen LogP contribution in [0, 0.1) is 6.92 Å². The van der Waals surface area contributed by atoms with Gasteiger partial charge in [-0.05, 0) is 51.5 Å². The topological polar surface area (TPSA) is 73.2 Å². The number of hydrogen-bond donors (Lipinski definition) is 1. The van der Waals surface area contributed by atoms with Gasteiger partial charge in [0.1, 0.15) is 11.6 Å². The van der Waals surface area contributed by atoms with Gasteiger partial charge in [-0.15, -0.1) is 0 Å². The molecule has 0 saturated carbocycles. The summed E-state index contributed by atoms with van der Waals surface area (Å²) in [6.45, 7) is 6.52. The molecule has 2 aromatic carbocycles. The van der Waals surface area contributed by atoms with E-state index in [1.54, 1.807) is 31.2 Å². The lowest BCUT2D eigenvalue weighted by molar-refractivity contribution is -0.127. The van der Waals surface area contributed by atoms with Crippen molar-refractivity contribution in [2.45, 2.75) is 39.8 Å². The average Bonchev–Trinajstić information content (AvgIpc) is 3.00. The summed E-state index contributed by atoms with van der Waals surface area (Å²) >= 11 is 0. The van der Waals surface area contributed by atoms with Gasteiger partial charge in [0.15, 0.2) is 11.9 Å². The van der Waals surface area contributed by atoms with Gasteiger partial charge in [-0.1, -0.05) is 24.3 Å². The van der Waals surface area contributed by atoms with Crippen molar-refractivity contribution in [3.8, 4) is 5.75 Å². The van der Waals surface area contributed by atoms with Crippen LogP contribution in [0.4, 0.5) is 0 Å². The van der Waals surface area contributed by atoms with E-state index in [1.807, 2.05) is 25.1 Å². The number of carbonyl (C=O) groups excluding carboxylic acids is 2. The number of ether oxygens (including phenoxy) is 1. The molecule has 0 bridgehead atoms. The Balaban J connectivity index is 1.49. The lowest BCUT2D eigenvalue weighted by Gasteiger charge is -2.15. The zero-order valence-electron chi connectivity index (χ0n) is 16.4. The second-order valence-electron chi connectivity index (χ2n) is 6.79. The molecule has 6 nitrogen and oxygen atoms in total. The van der Waals surface area contributed by atoms with Gasteiger partial charge in [-0.3, -0.25) is 9.59 Å². The second-order valence-corrected chi connectivity index (χ2v) is 6.79. The molecule has 1 unspecified atom stereocenters. The molecular formula is C22H25N3O3. The van der Waals surface area contributed by atoms with Crippen LogP contribution in [0.2, 0.25) is 0 Å². The summed E-state index contributed by atoms with van der Waals surface area (Å²) in [4.78, 5) is 28.3. The zero-order chi connectivity index (χ0) is 20.1. The highest BCUT2D eigenvalue weighted by Crippen LogP contribution is 2.16. The fourth-order valence-corrected chi connectivity index (χ4v) is 3.12. The number of nitrogens with zero attached hydrogens (tertiary/aromatic N) is 2. The third-order valence-electron chi connectivity index (χ3n) is 4.63. The number of hydrogen-bond acceptors (Lipinski definition) is 4. The molecule has 0 spiro atoms. The Morgan fingerprint density at radius 1 is 1.18 bits per heavy atom. The number of imidazole rings is 1. The Kier molecular flexibility index (Phi) is 6.09. The number of para-hydroxylation sites is 2. The summed E-state index contributed by atoms with van der Waals surface area (Å²) in [5.74, 6) is 1.26. The number of amides is 1. The maximum atomic E-state index is 12.3. The molecule has 1 atom stereocenters. The number of carbonyl (C=O) groups is 2. The Hall–Kier alpha value is -3.15. The first-order valence-electron chi connectivity index (χ1n) is 9.43. The molecule has 1 N–H and O–H groups in total. The van der Waals surface area contributed by atoms with Crippen molar-refractivity contribution in [1.82, 2.24) is 14.9 Å². The van der Waals surface area contributed by atoms with Crippen molar-refractivity contribution in [2.75, 3.05) is 6.54 Å². The Morgan fingerprint density at radius 2 is 1.96 bits per heavy atom. The van der Waals surface area contributed by atoms with E-state index in [2.05, 4.69) is 20.9 Å². The van der Waals surface area contributed by atoms with E-state index in [-0.39, 0.29) is 11.7 Å². The molecule has 6 heteroatoms. The van der Waals surface area contributed by atoms with Crippen molar-refractivity contribution in [3.05, 3.63) is 59.9 Å². The molecule has 1 aromatic heterocycles. The quantitative estimate of drug-likeness (QED) is 0.480. The molecule has 3 aromatic rings. The summed E-state index contributed by atoms with van der Waals surface area (Å²) in [6.07, 6.45) is 0.150. The SMILES string of the molecule is CC(=O)c1cccc(OC(C)C(=O)NCCCn2c(C)nc3ccccc32)c1. The maximum absolute atomic E-state index is 12.3. The van der Waals surface area contributed by atoms with Gasteiger partial charge in [-0.25, -0.2) is 4.98 Å². The number of Topliss-reactive ketones (excluding diaryl/α,β-unsaturated/α-hetero) is 1. The van der Waals surface area contributed by atoms with Crippen LogP contribution in [0.15, 0.2) is 48.5 Å². The molecule has 0 aliphatic rings. The van der Waals surface area contributed by atoms with Gasteiger partial charge in [0.25, 0.3) is 5.91 Å². The van der Waals surface area contributed by atoms with E-state index in [0.29, 0.717) is 17.9 Å². The summed E-state index contributed by atoms with van der Waals surface area (Å²) in [5.41, 5.74) is 2.65. The van der Waals surface area contributed by atoms with Crippen LogP contribution < -0.4 is 10.1 Å². The minimum atomic E-state index is -0.641. The molecule has 0 radical (unpaired) electrons. The van der Waals surface area contributed by atoms with E-state index in [1.165, 1.54) is 6.92 Å². The van der Waals surface area contributed by atoms with Crippen molar-refractivity contribution in [3.63, 3.8) is 0 Å². The van der Waals surface area contributed by atoms with Crippen LogP contribution in [0.25, 0.3) is 11.0 Å². The van der Waals surface area contributed by atoms with E-state index in [4.69, 9.17) is 4.74 Å². The summed E-state index contributed by atoms with van der Waals surface area (Å²) in [5, 5.41) is 2.91. The Morgan fingerprint density at radius 3 is 2.75 bits per heavy atom. The lowest BCUT2D eigenvalue weighted by atomic mass is 10.1. The first-order valence-corrected chi connectivity index (χ1v) is 9.43. The molecule has 0 aliphatic heterocycles. The van der Waals surface area contributed by atoms with Crippen molar-refractivity contribution in [1.29, 1.82) is 0 Å². The van der Waals surface area contributed by atoms with Crippen LogP contribution in [0.5, 0.6) is 5.75 Å². The largest absolute Gasteiger partial charge is 0.481 e. The predicted molar refractivity (Wildman–Crippen MR) is 109 cm³/mol. The summed E-state index contributed by atoms with van der Waals surface area (Å²) in [7, 11) is 0. The third kappa shape index (κ3) is 4.57. The Bertz CT molecular complexity index is 994. The maximum Gasteiger partial charge on any atom is 0.260 e. The van der Waals surface area contributed by atoms with Crippen LogP contribution >= 0.6 is 0 Å². The molecule has 3 rings (SSSR count). The number of aryl methyl sites for hydroxylation is 2. The smallest absolute Gasteiger partial charge is 0.260 e. The molecule has 1 heterocycles. The first kappa shape index (κ1) is 19.6. The highest BCUT2D eigenvalue weighted by Gasteiger charge is 2.15. The minimum Gasteiger partial charge on any atom is -0.481 e. The van der Waals surface area contributed by atoms with Crippen LogP contribution in [0.3, 0.4) is 0 Å². The van der Waals surface area contributed by atoms with Gasteiger partial charge in [0.2, 0.25) is 0 Å². The van der Waals surface area contributed by atoms with Crippen molar-refractivity contribution >= 4 is 22.7 Å². The van der Waals surface area contributed by atoms with E-state index in [9.17, 15) is 9.59 Å². The fourth-order valence-electron chi connectivity index (χ4n) is 3.12. The number of rotatable bonds is 8. The molecule has 0 aliphatic carbocycles. The molecule has 146 valence electrons. The van der Waals surface area contributed by atoms with Gasteiger partial charge < -0.3 is 14.6 Å². The van der Waals surface area contributed by atoms with Crippen molar-refractivity contribution in [2.24, 2.45) is 0 Å². The lowest BCUT2D eigenvalue weighted by Crippen LogP contribution is -2.37. The van der Waals surface area contributed by atoms with Gasteiger partial charge in [0, 0.05) is 18.7 Å². The van der Waals surface area contributed by atoms with E-state index in [0.717, 1.165) is 29.8 Å². The standard InChI is InChI=1S/C22H25N3O3/c1-15(26)18-8-6-9-19(14-18)28-16(2)22(27)23-12-7-13-25-17(3)24-20-10-4-5-11-21(20)25/h4-6,8-11,14,16H,7,12-13H2,1-3H3,(H,23,27). The fraction of sp³-hybridized carbons (Fsp3) is 0.318. The molecule has 0 fully saturated rings. The molecule has 0 saturated heterocycles. The second kappa shape index (κ2) is 8.69. The summed E-state index contributed by atoms with van der Waals surface area (Å²) in [6, 6.07) is 14.9. The van der Waals surface area contributed by atoms with Gasteiger partial charge >= 0.3 is 0 Å². The Labute approximate surface area is 164 Å². The van der Waals surface area contributed by atoms with Crippen LogP contribution in [-0.2, 0) is 11.3 Å². The first-order chi connectivity index (χ1) is 13.5. The van der Waals surface area contributed by atoms with Gasteiger partial charge in [-0.2, -0.15) is 0 Å². The number of aromatic nitrogens is 2. The number of ketones is 1. The highest BCUT2D eigenvalue weighted by molar-refractivity contribution is 5.94. The number of nitrogens with one attached hydrogen (secondary N) is 1. The summed E-state index contributed by atoms with van der Waals surface area (Å²) < 4.78 is 7.83. The zero-order valence-corrected chi connectivity index (χ0v) is 16.4. The molecule has 1 amide bonds. The van der Waals surface area contributed by atoms with E-state index < -0.39 is 6.10 Å². The number of benzene rings is 2. The average molecular weight is 379 g/mol. The van der Waals surface area contributed by atoms with Gasteiger partial charge in [0.05, 0.1) is 11.0 Å². The van der Waals surface area contributed by atoms with Crippen LogP contribution in [-0.4, -0.2) is 33.9 Å². The minimum absolute atomic E-state index is 0.0372. The van der Waals surface area contributed by atoms with Crippen LogP contribution in [0.1, 0.15) is 36.5 Å².